The first kappa shape index (κ1) is 27.4. The Labute approximate surface area is 246 Å². The van der Waals surface area contributed by atoms with E-state index in [0.717, 1.165) is 22.4 Å². The Kier molecular flexibility index (Phi) is 7.57. The number of anilines is 1. The second-order valence-electron chi connectivity index (χ2n) is 11.0. The molecule has 0 saturated carbocycles. The van der Waals surface area contributed by atoms with Gasteiger partial charge in [0, 0.05) is 35.6 Å². The predicted molar refractivity (Wildman–Crippen MR) is 161 cm³/mol. The lowest BCUT2D eigenvalue weighted by Gasteiger charge is -2.50. The van der Waals surface area contributed by atoms with E-state index in [1.165, 1.54) is 0 Å². The van der Waals surface area contributed by atoms with Gasteiger partial charge >= 0.3 is 0 Å². The summed E-state index contributed by atoms with van der Waals surface area (Å²) < 4.78 is 18.6. The first-order valence-corrected chi connectivity index (χ1v) is 14.3. The lowest BCUT2D eigenvalue weighted by atomic mass is 9.80. The Morgan fingerprint density at radius 1 is 0.976 bits per heavy atom. The summed E-state index contributed by atoms with van der Waals surface area (Å²) in [5.41, 5.74) is 3.36. The van der Waals surface area contributed by atoms with Gasteiger partial charge < -0.3 is 19.5 Å². The lowest BCUT2D eigenvalue weighted by molar-refractivity contribution is -0.127. The maximum atomic E-state index is 13.6. The van der Waals surface area contributed by atoms with Gasteiger partial charge in [0.1, 0.15) is 19.0 Å². The van der Waals surface area contributed by atoms with Crippen molar-refractivity contribution in [3.05, 3.63) is 119 Å². The summed E-state index contributed by atoms with van der Waals surface area (Å²) in [5, 5.41) is 2.91. The third kappa shape index (κ3) is 5.68. The monoisotopic (exact) mass is 562 g/mol. The van der Waals surface area contributed by atoms with Gasteiger partial charge in [0.25, 0.3) is 5.91 Å². The number of hydrogen-bond acceptors (Lipinski definition) is 5. The average Bonchev–Trinajstić information content (AvgIpc) is 2.99. The van der Waals surface area contributed by atoms with Gasteiger partial charge in [-0.05, 0) is 55.8 Å². The number of hydrogen-bond donors (Lipinski definition) is 1. The van der Waals surface area contributed by atoms with Gasteiger partial charge in [0.2, 0.25) is 5.91 Å². The molecule has 2 amide bonds. The fourth-order valence-corrected chi connectivity index (χ4v) is 5.80. The highest BCUT2D eigenvalue weighted by Crippen LogP contribution is 2.52. The normalized spacial score (nSPS) is 19.0. The van der Waals surface area contributed by atoms with Gasteiger partial charge in [-0.15, -0.1) is 0 Å². The standard InChI is InChI=1S/C35H34N2O5/c1-24-14-16-29(17-15-24)40-19-18-36-34(39)26-10-6-11-28(20-26)37-32(38)21-27-22-35(37,2)42-33-30(27)12-7-13-31(33)41-23-25-8-4-3-5-9-25/h3-17,20,27H,18-19,21-23H2,1-2H3,(H,36,39). The maximum absolute atomic E-state index is 13.6. The molecule has 0 aliphatic carbocycles. The first-order chi connectivity index (χ1) is 20.4. The van der Waals surface area contributed by atoms with Gasteiger partial charge in [-0.25, -0.2) is 0 Å². The van der Waals surface area contributed by atoms with Crippen LogP contribution in [0.5, 0.6) is 17.2 Å². The number of fused-ring (bicyclic) bond motifs is 4. The molecule has 42 heavy (non-hydrogen) atoms. The van der Waals surface area contributed by atoms with Gasteiger partial charge in [-0.3, -0.25) is 14.5 Å². The fourth-order valence-electron chi connectivity index (χ4n) is 5.80. The van der Waals surface area contributed by atoms with Crippen LogP contribution in [0.15, 0.2) is 97.1 Å². The second-order valence-corrected chi connectivity index (χ2v) is 11.0. The van der Waals surface area contributed by atoms with E-state index in [-0.39, 0.29) is 17.7 Å². The summed E-state index contributed by atoms with van der Waals surface area (Å²) in [5.74, 6) is 1.83. The highest BCUT2D eigenvalue weighted by molar-refractivity contribution is 5.99. The number of carbonyl (C=O) groups is 2. The number of nitrogens with zero attached hydrogens (tertiary/aromatic N) is 1. The van der Waals surface area contributed by atoms with Gasteiger partial charge in [-0.1, -0.05) is 66.2 Å². The highest BCUT2D eigenvalue weighted by Gasteiger charge is 2.50. The van der Waals surface area contributed by atoms with Crippen molar-refractivity contribution in [2.45, 2.75) is 44.9 Å². The second kappa shape index (κ2) is 11.6. The van der Waals surface area contributed by atoms with Crippen molar-refractivity contribution in [2.75, 3.05) is 18.1 Å². The molecule has 0 aromatic heterocycles. The number of para-hydroxylation sites is 1. The molecule has 0 spiro atoms. The van der Waals surface area contributed by atoms with Crippen LogP contribution in [0.25, 0.3) is 0 Å². The first-order valence-electron chi connectivity index (χ1n) is 14.3. The van der Waals surface area contributed by atoms with E-state index in [1.54, 1.807) is 23.1 Å². The van der Waals surface area contributed by atoms with E-state index >= 15 is 0 Å². The number of benzene rings is 4. The smallest absolute Gasteiger partial charge is 0.251 e. The van der Waals surface area contributed by atoms with E-state index in [4.69, 9.17) is 14.2 Å². The molecule has 0 radical (unpaired) electrons. The van der Waals surface area contributed by atoms with Crippen molar-refractivity contribution in [2.24, 2.45) is 0 Å². The number of amides is 2. The Hall–Kier alpha value is -4.78. The summed E-state index contributed by atoms with van der Waals surface area (Å²) in [6.45, 7) is 5.07. The largest absolute Gasteiger partial charge is 0.492 e. The lowest BCUT2D eigenvalue weighted by Crippen LogP contribution is -2.60. The summed E-state index contributed by atoms with van der Waals surface area (Å²) in [6.07, 6.45) is 0.988. The van der Waals surface area contributed by atoms with Crippen molar-refractivity contribution in [3.8, 4) is 17.2 Å². The van der Waals surface area contributed by atoms with E-state index in [2.05, 4.69) is 5.32 Å². The minimum Gasteiger partial charge on any atom is -0.492 e. The molecular formula is C35H34N2O5. The molecular weight excluding hydrogens is 528 g/mol. The van der Waals surface area contributed by atoms with Crippen molar-refractivity contribution in [1.82, 2.24) is 5.32 Å². The molecule has 7 heteroatoms. The van der Waals surface area contributed by atoms with Crippen LogP contribution in [-0.4, -0.2) is 30.7 Å². The molecule has 7 nitrogen and oxygen atoms in total. The molecule has 214 valence electrons. The minimum atomic E-state index is -0.934. The highest BCUT2D eigenvalue weighted by atomic mass is 16.5. The SMILES string of the molecule is Cc1ccc(OCCNC(=O)c2cccc(N3C(=O)CC4CC3(C)Oc3c(OCc5ccccc5)cccc34)c2)cc1. The zero-order chi connectivity index (χ0) is 29.1. The molecule has 2 aliphatic heterocycles. The van der Waals surface area contributed by atoms with Gasteiger partial charge in [0.05, 0.1) is 6.54 Å². The Morgan fingerprint density at radius 2 is 1.76 bits per heavy atom. The quantitative estimate of drug-likeness (QED) is 0.239. The van der Waals surface area contributed by atoms with Crippen LogP contribution >= 0.6 is 0 Å². The van der Waals surface area contributed by atoms with E-state index < -0.39 is 5.72 Å². The number of carbonyl (C=O) groups excluding carboxylic acids is 2. The summed E-state index contributed by atoms with van der Waals surface area (Å²) in [4.78, 5) is 28.2. The summed E-state index contributed by atoms with van der Waals surface area (Å²) in [7, 11) is 0. The fraction of sp³-hybridized carbons (Fsp3) is 0.257. The van der Waals surface area contributed by atoms with Crippen LogP contribution in [0.1, 0.15) is 52.7 Å². The molecule has 2 aliphatic rings. The van der Waals surface area contributed by atoms with E-state index in [0.29, 0.717) is 55.4 Å². The summed E-state index contributed by atoms with van der Waals surface area (Å²) in [6, 6.07) is 30.8. The zero-order valence-electron chi connectivity index (χ0n) is 23.8. The molecule has 2 atom stereocenters. The molecule has 4 aromatic carbocycles. The van der Waals surface area contributed by atoms with Crippen LogP contribution in [0.4, 0.5) is 5.69 Å². The van der Waals surface area contributed by atoms with Crippen LogP contribution < -0.4 is 24.4 Å². The molecule has 1 N–H and O–H groups in total. The third-order valence-corrected chi connectivity index (χ3v) is 7.82. The maximum Gasteiger partial charge on any atom is 0.251 e. The zero-order valence-corrected chi connectivity index (χ0v) is 23.8. The van der Waals surface area contributed by atoms with Crippen LogP contribution in [0.2, 0.25) is 0 Å². The van der Waals surface area contributed by atoms with Gasteiger partial charge in [-0.2, -0.15) is 0 Å². The Balaban J connectivity index is 1.17. The molecule has 1 fully saturated rings. The summed E-state index contributed by atoms with van der Waals surface area (Å²) >= 11 is 0. The van der Waals surface area contributed by atoms with Crippen molar-refractivity contribution in [3.63, 3.8) is 0 Å². The predicted octanol–water partition coefficient (Wildman–Crippen LogP) is 6.40. The van der Waals surface area contributed by atoms with Crippen LogP contribution in [0.3, 0.4) is 0 Å². The van der Waals surface area contributed by atoms with Crippen LogP contribution in [-0.2, 0) is 11.4 Å². The molecule has 6 rings (SSSR count). The molecule has 2 bridgehead atoms. The molecule has 4 aromatic rings. The topological polar surface area (TPSA) is 77.1 Å². The molecule has 2 heterocycles. The number of aryl methyl sites for hydroxylation is 1. The van der Waals surface area contributed by atoms with Crippen LogP contribution in [0, 0.1) is 6.92 Å². The van der Waals surface area contributed by atoms with Crippen molar-refractivity contribution >= 4 is 17.5 Å². The average molecular weight is 563 g/mol. The Bertz CT molecular complexity index is 1590. The van der Waals surface area contributed by atoms with E-state index in [9.17, 15) is 9.59 Å². The number of ether oxygens (including phenoxy) is 3. The number of rotatable bonds is 9. The molecule has 2 unspecified atom stereocenters. The third-order valence-electron chi connectivity index (χ3n) is 7.82. The Morgan fingerprint density at radius 3 is 2.57 bits per heavy atom. The van der Waals surface area contributed by atoms with Crippen molar-refractivity contribution < 1.29 is 23.8 Å². The van der Waals surface area contributed by atoms with Crippen molar-refractivity contribution in [1.29, 1.82) is 0 Å². The molecule has 1 saturated heterocycles. The minimum absolute atomic E-state index is 0.0165. The number of piperidine rings is 1. The number of nitrogens with one attached hydrogen (secondary N) is 1. The van der Waals surface area contributed by atoms with Gasteiger partial charge in [0.15, 0.2) is 17.2 Å². The van der Waals surface area contributed by atoms with E-state index in [1.807, 2.05) is 92.7 Å².